The van der Waals surface area contributed by atoms with Crippen LogP contribution in [0.25, 0.3) is 16.8 Å². The van der Waals surface area contributed by atoms with E-state index in [9.17, 15) is 13.6 Å². The molecular weight excluding hydrogens is 434 g/mol. The number of benzene rings is 2. The topological polar surface area (TPSA) is 68.5 Å². The van der Waals surface area contributed by atoms with Gasteiger partial charge in [-0.25, -0.2) is 18.3 Å². The third-order valence-corrected chi connectivity index (χ3v) is 5.64. The lowest BCUT2D eigenvalue weighted by atomic mass is 10.1. The molecule has 1 amide bonds. The van der Waals surface area contributed by atoms with Crippen molar-refractivity contribution in [2.24, 2.45) is 0 Å². The lowest BCUT2D eigenvalue weighted by Gasteiger charge is -2.07. The standard InChI is InChI=1S/C23H20F2N4O2S/c1-2-31-18-7-4-15(5-8-18)20-12-21-23(26-9-10-29(21)28-20)32-14-22(30)27-13-16-3-6-17(24)11-19(16)25/h3-12H,2,13-14H2,1H3,(H,27,30). The number of thioether (sulfide) groups is 1. The third kappa shape index (κ3) is 5.05. The number of fused-ring (bicyclic) bond motifs is 1. The van der Waals surface area contributed by atoms with Crippen LogP contribution in [0.2, 0.25) is 0 Å². The van der Waals surface area contributed by atoms with Gasteiger partial charge in [-0.2, -0.15) is 5.10 Å². The molecule has 0 bridgehead atoms. The van der Waals surface area contributed by atoms with Crippen LogP contribution in [0.1, 0.15) is 12.5 Å². The molecule has 2 aromatic heterocycles. The number of carbonyl (C=O) groups is 1. The van der Waals surface area contributed by atoms with Gasteiger partial charge in [-0.1, -0.05) is 17.8 Å². The zero-order chi connectivity index (χ0) is 22.5. The monoisotopic (exact) mass is 454 g/mol. The molecule has 32 heavy (non-hydrogen) atoms. The second-order valence-corrected chi connectivity index (χ2v) is 7.81. The molecule has 2 heterocycles. The summed E-state index contributed by atoms with van der Waals surface area (Å²) >= 11 is 1.26. The average molecular weight is 455 g/mol. The van der Waals surface area contributed by atoms with Gasteiger partial charge in [0.15, 0.2) is 0 Å². The maximum atomic E-state index is 13.7. The van der Waals surface area contributed by atoms with Gasteiger partial charge in [0.05, 0.1) is 23.6 Å². The van der Waals surface area contributed by atoms with E-state index in [4.69, 9.17) is 4.74 Å². The molecule has 9 heteroatoms. The zero-order valence-corrected chi connectivity index (χ0v) is 18.0. The highest BCUT2D eigenvalue weighted by atomic mass is 32.2. The van der Waals surface area contributed by atoms with E-state index in [1.807, 2.05) is 37.3 Å². The molecule has 0 aliphatic carbocycles. The first kappa shape index (κ1) is 21.8. The number of nitrogens with one attached hydrogen (secondary N) is 1. The largest absolute Gasteiger partial charge is 0.494 e. The number of rotatable bonds is 8. The van der Waals surface area contributed by atoms with Crippen molar-refractivity contribution < 1.29 is 18.3 Å². The second-order valence-electron chi connectivity index (χ2n) is 6.85. The molecule has 0 saturated carbocycles. The number of hydrogen-bond donors (Lipinski definition) is 1. The number of nitrogens with zero attached hydrogens (tertiary/aromatic N) is 3. The molecule has 0 radical (unpaired) electrons. The van der Waals surface area contributed by atoms with Gasteiger partial charge in [0.2, 0.25) is 5.91 Å². The number of amides is 1. The summed E-state index contributed by atoms with van der Waals surface area (Å²) in [7, 11) is 0. The van der Waals surface area contributed by atoms with E-state index in [1.54, 1.807) is 16.9 Å². The van der Waals surface area contributed by atoms with Crippen molar-refractivity contribution in [2.75, 3.05) is 12.4 Å². The van der Waals surface area contributed by atoms with Gasteiger partial charge in [-0.05, 0) is 43.3 Å². The molecule has 0 aliphatic heterocycles. The van der Waals surface area contributed by atoms with Crippen molar-refractivity contribution in [3.05, 3.63) is 78.1 Å². The van der Waals surface area contributed by atoms with Crippen LogP contribution in [0, 0.1) is 11.6 Å². The Morgan fingerprint density at radius 2 is 1.97 bits per heavy atom. The summed E-state index contributed by atoms with van der Waals surface area (Å²) in [5.41, 5.74) is 2.71. The van der Waals surface area contributed by atoms with Crippen molar-refractivity contribution in [3.8, 4) is 17.0 Å². The van der Waals surface area contributed by atoms with Crippen molar-refractivity contribution in [3.63, 3.8) is 0 Å². The lowest BCUT2D eigenvalue weighted by molar-refractivity contribution is -0.118. The Morgan fingerprint density at radius 1 is 1.16 bits per heavy atom. The van der Waals surface area contributed by atoms with E-state index in [1.165, 1.54) is 17.8 Å². The van der Waals surface area contributed by atoms with E-state index < -0.39 is 11.6 Å². The van der Waals surface area contributed by atoms with E-state index >= 15 is 0 Å². The molecule has 0 fully saturated rings. The van der Waals surface area contributed by atoms with Crippen LogP contribution in [0.3, 0.4) is 0 Å². The molecule has 0 spiro atoms. The Labute approximate surface area is 187 Å². The Balaban J connectivity index is 1.42. The van der Waals surface area contributed by atoms with Crippen LogP contribution in [0.4, 0.5) is 8.78 Å². The highest BCUT2D eigenvalue weighted by Crippen LogP contribution is 2.27. The third-order valence-electron chi connectivity index (χ3n) is 4.65. The van der Waals surface area contributed by atoms with Crippen molar-refractivity contribution >= 4 is 23.2 Å². The van der Waals surface area contributed by atoms with Crippen molar-refractivity contribution in [1.29, 1.82) is 0 Å². The van der Waals surface area contributed by atoms with E-state index in [2.05, 4.69) is 15.4 Å². The van der Waals surface area contributed by atoms with Gasteiger partial charge in [0, 0.05) is 36.1 Å². The molecule has 0 atom stereocenters. The summed E-state index contributed by atoms with van der Waals surface area (Å²) in [4.78, 5) is 16.6. The molecule has 4 rings (SSSR count). The number of ether oxygens (including phenoxy) is 1. The molecule has 0 unspecified atom stereocenters. The van der Waals surface area contributed by atoms with E-state index in [0.717, 1.165) is 34.7 Å². The van der Waals surface area contributed by atoms with Gasteiger partial charge in [-0.3, -0.25) is 4.79 Å². The first-order valence-corrected chi connectivity index (χ1v) is 10.9. The molecule has 6 nitrogen and oxygen atoms in total. The maximum absolute atomic E-state index is 13.7. The minimum Gasteiger partial charge on any atom is -0.494 e. The number of halogens is 2. The predicted molar refractivity (Wildman–Crippen MR) is 119 cm³/mol. The maximum Gasteiger partial charge on any atom is 0.230 e. The highest BCUT2D eigenvalue weighted by molar-refractivity contribution is 8.00. The Hall–Kier alpha value is -3.46. The first-order valence-electron chi connectivity index (χ1n) is 9.94. The predicted octanol–water partition coefficient (Wildman–Crippen LogP) is 4.48. The quantitative estimate of drug-likeness (QED) is 0.398. The summed E-state index contributed by atoms with van der Waals surface area (Å²) < 4.78 is 33.9. The Kier molecular flexibility index (Phi) is 6.65. The Morgan fingerprint density at radius 3 is 2.72 bits per heavy atom. The van der Waals surface area contributed by atoms with E-state index in [-0.39, 0.29) is 23.8 Å². The van der Waals surface area contributed by atoms with Gasteiger partial charge in [0.25, 0.3) is 0 Å². The summed E-state index contributed by atoms with van der Waals surface area (Å²) in [6, 6.07) is 12.8. The highest BCUT2D eigenvalue weighted by Gasteiger charge is 2.12. The minimum atomic E-state index is -0.689. The minimum absolute atomic E-state index is 0.0162. The summed E-state index contributed by atoms with van der Waals surface area (Å²) in [5, 5.41) is 7.88. The molecule has 0 aliphatic rings. The summed E-state index contributed by atoms with van der Waals surface area (Å²) in [6.07, 6.45) is 3.37. The van der Waals surface area contributed by atoms with Crippen LogP contribution in [-0.2, 0) is 11.3 Å². The fraction of sp³-hybridized carbons (Fsp3) is 0.174. The van der Waals surface area contributed by atoms with Crippen LogP contribution >= 0.6 is 11.8 Å². The van der Waals surface area contributed by atoms with Crippen LogP contribution < -0.4 is 10.1 Å². The van der Waals surface area contributed by atoms with Crippen molar-refractivity contribution in [1.82, 2.24) is 19.9 Å². The molecular formula is C23H20F2N4O2S. The molecule has 1 N–H and O–H groups in total. The SMILES string of the molecule is CCOc1ccc(-c2cc3c(SCC(=O)NCc4ccc(F)cc4F)nccn3n2)cc1. The Bertz CT molecular complexity index is 1240. The first-order chi connectivity index (χ1) is 15.5. The number of carbonyl (C=O) groups excluding carboxylic acids is 1. The molecule has 0 saturated heterocycles. The van der Waals surface area contributed by atoms with Gasteiger partial charge < -0.3 is 10.1 Å². The number of aromatic nitrogens is 3. The van der Waals surface area contributed by atoms with Gasteiger partial charge in [-0.15, -0.1) is 0 Å². The fourth-order valence-electron chi connectivity index (χ4n) is 3.08. The molecule has 4 aromatic rings. The normalized spacial score (nSPS) is 11.0. The summed E-state index contributed by atoms with van der Waals surface area (Å²) in [6.45, 7) is 2.52. The van der Waals surface area contributed by atoms with Crippen LogP contribution in [-0.4, -0.2) is 32.9 Å². The van der Waals surface area contributed by atoms with E-state index in [0.29, 0.717) is 11.6 Å². The van der Waals surface area contributed by atoms with Crippen LogP contribution in [0.15, 0.2) is 66.0 Å². The van der Waals surface area contributed by atoms with Crippen molar-refractivity contribution in [2.45, 2.75) is 18.5 Å². The number of hydrogen-bond acceptors (Lipinski definition) is 5. The molecule has 164 valence electrons. The van der Waals surface area contributed by atoms with Gasteiger partial charge in [0.1, 0.15) is 22.4 Å². The fourth-order valence-corrected chi connectivity index (χ4v) is 3.89. The van der Waals surface area contributed by atoms with Crippen LogP contribution in [0.5, 0.6) is 5.75 Å². The molecule has 2 aromatic carbocycles. The summed E-state index contributed by atoms with van der Waals surface area (Å²) in [5.74, 6) is -0.736. The van der Waals surface area contributed by atoms with Gasteiger partial charge >= 0.3 is 0 Å². The smallest absolute Gasteiger partial charge is 0.230 e. The second kappa shape index (κ2) is 9.78. The lowest BCUT2D eigenvalue weighted by Crippen LogP contribution is -2.25. The zero-order valence-electron chi connectivity index (χ0n) is 17.2. The average Bonchev–Trinajstić information content (AvgIpc) is 3.23.